The molecule has 1 atom stereocenters. The first-order valence-corrected chi connectivity index (χ1v) is 9.32. The maximum absolute atomic E-state index is 13.1. The maximum Gasteiger partial charge on any atom is 0.254 e. The van der Waals surface area contributed by atoms with Gasteiger partial charge < -0.3 is 4.90 Å². The lowest BCUT2D eigenvalue weighted by Gasteiger charge is -2.39. The zero-order valence-corrected chi connectivity index (χ0v) is 16.0. The van der Waals surface area contributed by atoms with E-state index in [9.17, 15) is 4.79 Å². The number of carbonyl (C=O) groups is 1. The Morgan fingerprint density at radius 1 is 0.963 bits per heavy atom. The van der Waals surface area contributed by atoms with Gasteiger partial charge in [-0.25, -0.2) is 9.97 Å². The minimum Gasteiger partial charge on any atom is -0.335 e. The quantitative estimate of drug-likeness (QED) is 0.703. The van der Waals surface area contributed by atoms with Crippen LogP contribution in [0.4, 0.5) is 0 Å². The Morgan fingerprint density at radius 2 is 1.67 bits per heavy atom. The number of hydrogen-bond acceptors (Lipinski definition) is 4. The van der Waals surface area contributed by atoms with E-state index in [0.717, 1.165) is 35.5 Å². The highest BCUT2D eigenvalue weighted by atomic mass is 16.2. The molecule has 1 amide bonds. The van der Waals surface area contributed by atoms with Gasteiger partial charge in [0.25, 0.3) is 5.91 Å². The number of benzene rings is 2. The van der Waals surface area contributed by atoms with Crippen LogP contribution in [0.3, 0.4) is 0 Å². The summed E-state index contributed by atoms with van der Waals surface area (Å²) in [5.41, 5.74) is 5.35. The molecule has 138 valence electrons. The molecule has 0 spiro atoms. The predicted molar refractivity (Wildman–Crippen MR) is 107 cm³/mol. The van der Waals surface area contributed by atoms with Gasteiger partial charge in [-0.3, -0.25) is 9.69 Å². The predicted octanol–water partition coefficient (Wildman–Crippen LogP) is 3.38. The van der Waals surface area contributed by atoms with E-state index in [0.29, 0.717) is 12.1 Å². The van der Waals surface area contributed by atoms with Crippen molar-refractivity contribution in [2.24, 2.45) is 0 Å². The number of nitrogens with zero attached hydrogens (tertiary/aromatic N) is 4. The van der Waals surface area contributed by atoms with Gasteiger partial charge >= 0.3 is 0 Å². The van der Waals surface area contributed by atoms with Crippen molar-refractivity contribution in [1.82, 2.24) is 19.8 Å². The molecule has 0 bridgehead atoms. The van der Waals surface area contributed by atoms with E-state index in [1.54, 1.807) is 0 Å². The Balaban J connectivity index is 1.60. The van der Waals surface area contributed by atoms with Gasteiger partial charge in [0.05, 0.1) is 28.5 Å². The van der Waals surface area contributed by atoms with Crippen molar-refractivity contribution in [2.75, 3.05) is 26.7 Å². The summed E-state index contributed by atoms with van der Waals surface area (Å²) in [6, 6.07) is 16.2. The van der Waals surface area contributed by atoms with Crippen LogP contribution in [0.1, 0.15) is 33.4 Å². The molecule has 5 heteroatoms. The Bertz CT molecular complexity index is 986. The van der Waals surface area contributed by atoms with E-state index in [-0.39, 0.29) is 11.9 Å². The summed E-state index contributed by atoms with van der Waals surface area (Å²) in [7, 11) is 2.12. The molecule has 1 aliphatic rings. The molecule has 2 heterocycles. The third-order valence-corrected chi connectivity index (χ3v) is 5.44. The van der Waals surface area contributed by atoms with Crippen LogP contribution < -0.4 is 0 Å². The first-order chi connectivity index (χ1) is 13.0. The summed E-state index contributed by atoms with van der Waals surface area (Å²) >= 11 is 0. The molecule has 27 heavy (non-hydrogen) atoms. The highest BCUT2D eigenvalue weighted by Crippen LogP contribution is 2.25. The molecular formula is C22H24N4O. The summed E-state index contributed by atoms with van der Waals surface area (Å²) in [4.78, 5) is 26.6. The van der Waals surface area contributed by atoms with Crippen LogP contribution in [-0.4, -0.2) is 52.4 Å². The largest absolute Gasteiger partial charge is 0.335 e. The van der Waals surface area contributed by atoms with Crippen molar-refractivity contribution in [3.05, 3.63) is 71.0 Å². The monoisotopic (exact) mass is 360 g/mol. The number of amides is 1. The van der Waals surface area contributed by atoms with Gasteiger partial charge in [0.1, 0.15) is 0 Å². The second-order valence-corrected chi connectivity index (χ2v) is 7.26. The van der Waals surface area contributed by atoms with Crippen LogP contribution in [0.2, 0.25) is 0 Å². The average molecular weight is 360 g/mol. The second kappa shape index (κ2) is 7.08. The normalized spacial score (nSPS) is 18.0. The molecule has 0 saturated carbocycles. The molecule has 2 aromatic carbocycles. The SMILES string of the molecule is Cc1nc2ccc(C(=O)N3CCN(C)C(c4ccccc4)C3)cc2nc1C. The van der Waals surface area contributed by atoms with Gasteiger partial charge in [0, 0.05) is 25.2 Å². The number of piperazine rings is 1. The van der Waals surface area contributed by atoms with Crippen LogP contribution in [0.15, 0.2) is 48.5 Å². The fourth-order valence-electron chi connectivity index (χ4n) is 3.64. The zero-order valence-electron chi connectivity index (χ0n) is 16.0. The standard InChI is InChI=1S/C22H24N4O/c1-15-16(2)24-20-13-18(9-10-19(20)23-15)22(27)26-12-11-25(3)21(14-26)17-7-5-4-6-8-17/h4-10,13,21H,11-12,14H2,1-3H3. The molecular weight excluding hydrogens is 336 g/mol. The topological polar surface area (TPSA) is 49.3 Å². The third-order valence-electron chi connectivity index (χ3n) is 5.44. The number of likely N-dealkylation sites (N-methyl/N-ethyl adjacent to an activating group) is 1. The molecule has 0 radical (unpaired) electrons. The number of aromatic nitrogens is 2. The van der Waals surface area contributed by atoms with Gasteiger partial charge in [0.2, 0.25) is 0 Å². The van der Waals surface area contributed by atoms with Crippen molar-refractivity contribution in [2.45, 2.75) is 19.9 Å². The third kappa shape index (κ3) is 3.43. The van der Waals surface area contributed by atoms with Crippen molar-refractivity contribution < 1.29 is 4.79 Å². The fraction of sp³-hybridized carbons (Fsp3) is 0.318. The molecule has 0 aliphatic carbocycles. The lowest BCUT2D eigenvalue weighted by molar-refractivity contribution is 0.0546. The molecule has 0 N–H and O–H groups in total. The molecule has 1 fully saturated rings. The van der Waals surface area contributed by atoms with Crippen LogP contribution in [0.25, 0.3) is 11.0 Å². The van der Waals surface area contributed by atoms with E-state index in [1.807, 2.05) is 43.0 Å². The molecule has 1 aromatic heterocycles. The van der Waals surface area contributed by atoms with Gasteiger partial charge in [-0.1, -0.05) is 30.3 Å². The van der Waals surface area contributed by atoms with Gasteiger partial charge in [-0.05, 0) is 44.7 Å². The van der Waals surface area contributed by atoms with E-state index >= 15 is 0 Å². The molecule has 1 aliphatic heterocycles. The van der Waals surface area contributed by atoms with E-state index in [1.165, 1.54) is 5.56 Å². The molecule has 1 saturated heterocycles. The minimum atomic E-state index is 0.0611. The van der Waals surface area contributed by atoms with Crippen LogP contribution in [0.5, 0.6) is 0 Å². The number of rotatable bonds is 2. The fourth-order valence-corrected chi connectivity index (χ4v) is 3.64. The van der Waals surface area contributed by atoms with E-state index in [2.05, 4.69) is 46.2 Å². The summed E-state index contributed by atoms with van der Waals surface area (Å²) in [5.74, 6) is 0.0611. The summed E-state index contributed by atoms with van der Waals surface area (Å²) in [5, 5.41) is 0. The highest BCUT2D eigenvalue weighted by molar-refractivity contribution is 5.97. The second-order valence-electron chi connectivity index (χ2n) is 7.26. The number of carbonyl (C=O) groups excluding carboxylic acids is 1. The lowest BCUT2D eigenvalue weighted by atomic mass is 10.0. The molecule has 4 rings (SSSR count). The minimum absolute atomic E-state index is 0.0611. The number of fused-ring (bicyclic) bond motifs is 1. The van der Waals surface area contributed by atoms with Crippen molar-refractivity contribution in [3.63, 3.8) is 0 Å². The van der Waals surface area contributed by atoms with Crippen molar-refractivity contribution in [3.8, 4) is 0 Å². The Morgan fingerprint density at radius 3 is 2.41 bits per heavy atom. The zero-order chi connectivity index (χ0) is 19.0. The van der Waals surface area contributed by atoms with Gasteiger partial charge in [-0.2, -0.15) is 0 Å². The Kier molecular flexibility index (Phi) is 4.62. The summed E-state index contributed by atoms with van der Waals surface area (Å²) < 4.78 is 0. The van der Waals surface area contributed by atoms with Gasteiger partial charge in [-0.15, -0.1) is 0 Å². The highest BCUT2D eigenvalue weighted by Gasteiger charge is 2.29. The number of hydrogen-bond donors (Lipinski definition) is 0. The molecule has 3 aromatic rings. The van der Waals surface area contributed by atoms with Crippen LogP contribution >= 0.6 is 0 Å². The first-order valence-electron chi connectivity index (χ1n) is 9.32. The first kappa shape index (κ1) is 17.6. The Hall–Kier alpha value is -2.79. The summed E-state index contributed by atoms with van der Waals surface area (Å²) in [6.07, 6.45) is 0. The van der Waals surface area contributed by atoms with E-state index in [4.69, 9.17) is 0 Å². The van der Waals surface area contributed by atoms with Crippen molar-refractivity contribution in [1.29, 1.82) is 0 Å². The van der Waals surface area contributed by atoms with Crippen LogP contribution in [-0.2, 0) is 0 Å². The van der Waals surface area contributed by atoms with Gasteiger partial charge in [0.15, 0.2) is 0 Å². The van der Waals surface area contributed by atoms with Crippen LogP contribution in [0, 0.1) is 13.8 Å². The molecule has 5 nitrogen and oxygen atoms in total. The smallest absolute Gasteiger partial charge is 0.254 e. The Labute approximate surface area is 159 Å². The molecule has 1 unspecified atom stereocenters. The van der Waals surface area contributed by atoms with Crippen molar-refractivity contribution >= 4 is 16.9 Å². The average Bonchev–Trinajstić information content (AvgIpc) is 2.69. The van der Waals surface area contributed by atoms with E-state index < -0.39 is 0 Å². The number of aryl methyl sites for hydroxylation is 2. The summed E-state index contributed by atoms with van der Waals surface area (Å²) in [6.45, 7) is 6.18. The lowest BCUT2D eigenvalue weighted by Crippen LogP contribution is -2.49. The maximum atomic E-state index is 13.1.